The van der Waals surface area contributed by atoms with Gasteiger partial charge in [0.25, 0.3) is 11.6 Å². The first-order valence-corrected chi connectivity index (χ1v) is 8.40. The number of nitro benzene ring substituents is 1. The van der Waals surface area contributed by atoms with Crippen molar-refractivity contribution in [2.45, 2.75) is 0 Å². The van der Waals surface area contributed by atoms with Gasteiger partial charge in [-0.3, -0.25) is 20.2 Å². The number of nitrogens with zero attached hydrogens (tertiary/aromatic N) is 2. The van der Waals surface area contributed by atoms with Gasteiger partial charge in [-0.15, -0.1) is 0 Å². The molecule has 0 spiro atoms. The number of rotatable bonds is 5. The quantitative estimate of drug-likeness (QED) is 0.516. The SMILES string of the molecule is COc1cc2nc(NC(=O)c3cc(Cl)ccc3[N+](=O)[O-])sc2cc1OC. The van der Waals surface area contributed by atoms with Crippen molar-refractivity contribution in [3.05, 3.63) is 51.0 Å². The van der Waals surface area contributed by atoms with E-state index in [-0.39, 0.29) is 21.4 Å². The molecule has 1 heterocycles. The molecule has 0 aliphatic heterocycles. The van der Waals surface area contributed by atoms with Crippen LogP contribution in [0, 0.1) is 10.1 Å². The van der Waals surface area contributed by atoms with Crippen molar-refractivity contribution in [3.63, 3.8) is 0 Å². The van der Waals surface area contributed by atoms with Crippen molar-refractivity contribution in [1.82, 2.24) is 4.98 Å². The lowest BCUT2D eigenvalue weighted by molar-refractivity contribution is -0.385. The lowest BCUT2D eigenvalue weighted by atomic mass is 10.1. The number of carbonyl (C=O) groups is 1. The molecule has 0 fully saturated rings. The fourth-order valence-electron chi connectivity index (χ4n) is 2.32. The van der Waals surface area contributed by atoms with E-state index in [0.717, 1.165) is 4.70 Å². The summed E-state index contributed by atoms with van der Waals surface area (Å²) in [6.45, 7) is 0. The van der Waals surface area contributed by atoms with E-state index in [9.17, 15) is 14.9 Å². The number of amides is 1. The zero-order valence-corrected chi connectivity index (χ0v) is 15.2. The highest BCUT2D eigenvalue weighted by Crippen LogP contribution is 2.36. The molecule has 0 atom stereocenters. The Hall–Kier alpha value is -2.91. The van der Waals surface area contributed by atoms with Gasteiger partial charge in [0.05, 0.1) is 29.4 Å². The Bertz CT molecular complexity index is 980. The number of thiazole rings is 1. The summed E-state index contributed by atoms with van der Waals surface area (Å²) in [5, 5.41) is 14.2. The summed E-state index contributed by atoms with van der Waals surface area (Å²) < 4.78 is 11.2. The monoisotopic (exact) mass is 393 g/mol. The summed E-state index contributed by atoms with van der Waals surface area (Å²) in [5.74, 6) is 0.373. The lowest BCUT2D eigenvalue weighted by Gasteiger charge is -2.05. The molecule has 8 nitrogen and oxygen atoms in total. The van der Waals surface area contributed by atoms with E-state index < -0.39 is 10.8 Å². The highest BCUT2D eigenvalue weighted by atomic mass is 35.5. The number of hydrogen-bond donors (Lipinski definition) is 1. The highest BCUT2D eigenvalue weighted by Gasteiger charge is 2.22. The van der Waals surface area contributed by atoms with Crippen LogP contribution in [0.25, 0.3) is 10.2 Å². The third kappa shape index (κ3) is 3.39. The van der Waals surface area contributed by atoms with E-state index in [1.165, 1.54) is 43.8 Å². The third-order valence-electron chi connectivity index (χ3n) is 3.51. The zero-order chi connectivity index (χ0) is 18.8. The Morgan fingerprint density at radius 1 is 1.23 bits per heavy atom. The average Bonchev–Trinajstić information content (AvgIpc) is 3.00. The van der Waals surface area contributed by atoms with Gasteiger partial charge in [0, 0.05) is 23.2 Å². The van der Waals surface area contributed by atoms with Crippen LogP contribution >= 0.6 is 22.9 Å². The Morgan fingerprint density at radius 3 is 2.58 bits per heavy atom. The molecule has 134 valence electrons. The van der Waals surface area contributed by atoms with Crippen LogP contribution in [0.15, 0.2) is 30.3 Å². The summed E-state index contributed by atoms with van der Waals surface area (Å²) >= 11 is 7.06. The number of nitrogens with one attached hydrogen (secondary N) is 1. The number of halogens is 1. The second-order valence-electron chi connectivity index (χ2n) is 5.07. The van der Waals surface area contributed by atoms with E-state index >= 15 is 0 Å². The predicted molar refractivity (Wildman–Crippen MR) is 98.8 cm³/mol. The van der Waals surface area contributed by atoms with Crippen molar-refractivity contribution in [2.24, 2.45) is 0 Å². The topological polar surface area (TPSA) is 104 Å². The number of nitro groups is 1. The van der Waals surface area contributed by atoms with Crippen molar-refractivity contribution in [1.29, 1.82) is 0 Å². The van der Waals surface area contributed by atoms with Gasteiger partial charge in [-0.05, 0) is 12.1 Å². The fraction of sp³-hybridized carbons (Fsp3) is 0.125. The largest absolute Gasteiger partial charge is 0.493 e. The maximum Gasteiger partial charge on any atom is 0.282 e. The summed E-state index contributed by atoms with van der Waals surface area (Å²) in [6.07, 6.45) is 0. The molecule has 0 radical (unpaired) electrons. The molecule has 0 unspecified atom stereocenters. The number of ether oxygens (including phenoxy) is 2. The zero-order valence-electron chi connectivity index (χ0n) is 13.6. The first kappa shape index (κ1) is 17.9. The molecular formula is C16H12ClN3O5S. The molecule has 0 aliphatic rings. The van der Waals surface area contributed by atoms with Gasteiger partial charge >= 0.3 is 0 Å². The fourth-order valence-corrected chi connectivity index (χ4v) is 3.37. The number of fused-ring (bicyclic) bond motifs is 1. The Morgan fingerprint density at radius 2 is 1.92 bits per heavy atom. The van der Waals surface area contributed by atoms with Crippen LogP contribution < -0.4 is 14.8 Å². The van der Waals surface area contributed by atoms with Crippen molar-refractivity contribution in [3.8, 4) is 11.5 Å². The highest BCUT2D eigenvalue weighted by molar-refractivity contribution is 7.22. The molecule has 1 amide bonds. The van der Waals surface area contributed by atoms with E-state index in [4.69, 9.17) is 21.1 Å². The minimum Gasteiger partial charge on any atom is -0.493 e. The van der Waals surface area contributed by atoms with Gasteiger partial charge in [0.2, 0.25) is 0 Å². The van der Waals surface area contributed by atoms with Crippen LogP contribution in [0.2, 0.25) is 5.02 Å². The first-order chi connectivity index (χ1) is 12.4. The molecule has 1 N–H and O–H groups in total. The van der Waals surface area contributed by atoms with Gasteiger partial charge in [-0.2, -0.15) is 0 Å². The summed E-state index contributed by atoms with van der Waals surface area (Å²) in [4.78, 5) is 27.2. The number of anilines is 1. The van der Waals surface area contributed by atoms with E-state index in [2.05, 4.69) is 10.3 Å². The van der Waals surface area contributed by atoms with Gasteiger partial charge < -0.3 is 9.47 Å². The van der Waals surface area contributed by atoms with Crippen LogP contribution in [0.4, 0.5) is 10.8 Å². The maximum atomic E-state index is 12.5. The van der Waals surface area contributed by atoms with Crippen LogP contribution in [0.1, 0.15) is 10.4 Å². The second-order valence-corrected chi connectivity index (χ2v) is 6.53. The average molecular weight is 394 g/mol. The first-order valence-electron chi connectivity index (χ1n) is 7.20. The Kier molecular flexibility index (Phi) is 4.92. The lowest BCUT2D eigenvalue weighted by Crippen LogP contribution is -2.13. The van der Waals surface area contributed by atoms with Crippen LogP contribution in [0.3, 0.4) is 0 Å². The number of aromatic nitrogens is 1. The molecule has 3 aromatic rings. The molecule has 2 aromatic carbocycles. The van der Waals surface area contributed by atoms with E-state index in [1.54, 1.807) is 12.1 Å². The molecular weight excluding hydrogens is 382 g/mol. The predicted octanol–water partition coefficient (Wildman–Crippen LogP) is 4.13. The standard InChI is InChI=1S/C16H12ClN3O5S/c1-24-12-6-10-14(7-13(12)25-2)26-16(18-10)19-15(21)9-5-8(17)3-4-11(9)20(22)23/h3-7H,1-2H3,(H,18,19,21). The summed E-state index contributed by atoms with van der Waals surface area (Å²) in [5.41, 5.74) is 0.122. The van der Waals surface area contributed by atoms with Gasteiger partial charge in [0.1, 0.15) is 5.56 Å². The van der Waals surface area contributed by atoms with Crippen LogP contribution in [-0.4, -0.2) is 30.0 Å². The molecule has 0 bridgehead atoms. The third-order valence-corrected chi connectivity index (χ3v) is 4.68. The molecule has 0 saturated carbocycles. The van der Waals surface area contributed by atoms with Gasteiger partial charge in [0.15, 0.2) is 16.6 Å². The van der Waals surface area contributed by atoms with E-state index in [0.29, 0.717) is 17.0 Å². The number of carbonyl (C=O) groups excluding carboxylic acids is 1. The van der Waals surface area contributed by atoms with Gasteiger partial charge in [-0.25, -0.2) is 4.98 Å². The molecule has 0 saturated heterocycles. The minimum absolute atomic E-state index is 0.142. The van der Waals surface area contributed by atoms with Crippen LogP contribution in [0.5, 0.6) is 11.5 Å². The maximum absolute atomic E-state index is 12.5. The van der Waals surface area contributed by atoms with Crippen molar-refractivity contribution in [2.75, 3.05) is 19.5 Å². The summed E-state index contributed by atoms with van der Waals surface area (Å²) in [6, 6.07) is 7.21. The normalized spacial score (nSPS) is 10.6. The second kappa shape index (κ2) is 7.14. The Labute approximate surface area is 156 Å². The number of hydrogen-bond acceptors (Lipinski definition) is 7. The number of methoxy groups -OCH3 is 2. The molecule has 1 aromatic heterocycles. The molecule has 10 heteroatoms. The van der Waals surface area contributed by atoms with E-state index in [1.807, 2.05) is 0 Å². The number of benzene rings is 2. The van der Waals surface area contributed by atoms with Crippen LogP contribution in [-0.2, 0) is 0 Å². The van der Waals surface area contributed by atoms with Crippen molar-refractivity contribution < 1.29 is 19.2 Å². The minimum atomic E-state index is -0.669. The smallest absolute Gasteiger partial charge is 0.282 e. The molecule has 26 heavy (non-hydrogen) atoms. The van der Waals surface area contributed by atoms with Crippen molar-refractivity contribution >= 4 is 49.9 Å². The molecule has 0 aliphatic carbocycles. The van der Waals surface area contributed by atoms with Gasteiger partial charge in [-0.1, -0.05) is 22.9 Å². The summed E-state index contributed by atoms with van der Waals surface area (Å²) in [7, 11) is 3.03. The molecule has 3 rings (SSSR count). The Balaban J connectivity index is 1.95.